The van der Waals surface area contributed by atoms with Crippen LogP contribution in [0.4, 0.5) is 17.1 Å². The molecule has 1 aliphatic rings. The zero-order valence-corrected chi connectivity index (χ0v) is 13.8. The lowest BCUT2D eigenvalue weighted by molar-refractivity contribution is 1.34. The highest BCUT2D eigenvalue weighted by atomic mass is 32.1. The van der Waals surface area contributed by atoms with E-state index in [1.807, 2.05) is 54.6 Å². The fraction of sp³-hybridized carbons (Fsp3) is 0. The molecule has 116 valence electrons. The van der Waals surface area contributed by atoms with Gasteiger partial charge in [-0.15, -0.1) is 0 Å². The summed E-state index contributed by atoms with van der Waals surface area (Å²) in [5, 5.41) is 4.01. The van der Waals surface area contributed by atoms with Crippen LogP contribution in [0.5, 0.6) is 0 Å². The molecule has 3 heteroatoms. The Morgan fingerprint density at radius 3 is 1.75 bits per heavy atom. The van der Waals surface area contributed by atoms with Gasteiger partial charge in [0.2, 0.25) is 0 Å². The summed E-state index contributed by atoms with van der Waals surface area (Å²) >= 11 is 5.76. The van der Waals surface area contributed by atoms with Gasteiger partial charge in [0, 0.05) is 5.69 Å². The monoisotopic (exact) mass is 328 g/mol. The summed E-state index contributed by atoms with van der Waals surface area (Å²) in [6.07, 6.45) is 4.28. The van der Waals surface area contributed by atoms with Crippen LogP contribution in [0.1, 0.15) is 11.1 Å². The van der Waals surface area contributed by atoms with Gasteiger partial charge in [-0.05, 0) is 47.6 Å². The van der Waals surface area contributed by atoms with Crippen molar-refractivity contribution in [3.8, 4) is 0 Å². The quantitative estimate of drug-likeness (QED) is 0.576. The van der Waals surface area contributed by atoms with Gasteiger partial charge in [0.1, 0.15) is 0 Å². The first-order valence-corrected chi connectivity index (χ1v) is 8.26. The maximum atomic E-state index is 5.76. The molecule has 2 nitrogen and oxygen atoms in total. The Bertz CT molecular complexity index is 866. The van der Waals surface area contributed by atoms with Crippen LogP contribution in [0.15, 0.2) is 78.9 Å². The molecule has 3 aromatic rings. The van der Waals surface area contributed by atoms with Crippen LogP contribution < -0.4 is 10.2 Å². The van der Waals surface area contributed by atoms with E-state index in [2.05, 4.69) is 46.6 Å². The van der Waals surface area contributed by atoms with Crippen LogP contribution in [-0.4, -0.2) is 5.11 Å². The summed E-state index contributed by atoms with van der Waals surface area (Å²) in [6.45, 7) is 0. The third-order valence-electron chi connectivity index (χ3n) is 4.03. The molecule has 0 unspecified atom stereocenters. The van der Waals surface area contributed by atoms with Crippen LogP contribution >= 0.6 is 12.2 Å². The van der Waals surface area contributed by atoms with Crippen molar-refractivity contribution in [2.24, 2.45) is 0 Å². The Balaban J connectivity index is 1.81. The summed E-state index contributed by atoms with van der Waals surface area (Å²) in [6, 6.07) is 26.6. The first kappa shape index (κ1) is 14.7. The molecule has 0 saturated heterocycles. The Kier molecular flexibility index (Phi) is 3.85. The fourth-order valence-electron chi connectivity index (χ4n) is 2.89. The number of fused-ring (bicyclic) bond motifs is 2. The van der Waals surface area contributed by atoms with E-state index in [0.717, 1.165) is 28.2 Å². The van der Waals surface area contributed by atoms with Gasteiger partial charge in [0.05, 0.1) is 11.4 Å². The van der Waals surface area contributed by atoms with Crippen LogP contribution in [0.2, 0.25) is 0 Å². The standard InChI is InChI=1S/C21H16N2S/c24-21(22-18-10-2-1-3-11-18)23-19-12-6-4-8-16(19)14-15-17-9-5-7-13-20(17)23/h1-15H,(H,22,24). The fourth-order valence-corrected chi connectivity index (χ4v) is 3.21. The number of nitrogens with one attached hydrogen (secondary N) is 1. The van der Waals surface area contributed by atoms with Gasteiger partial charge in [0.15, 0.2) is 5.11 Å². The predicted molar refractivity (Wildman–Crippen MR) is 107 cm³/mol. The number of hydrogen-bond donors (Lipinski definition) is 1. The number of para-hydroxylation sites is 3. The van der Waals surface area contributed by atoms with Crippen molar-refractivity contribution in [2.45, 2.75) is 0 Å². The van der Waals surface area contributed by atoms with Gasteiger partial charge < -0.3 is 5.32 Å². The van der Waals surface area contributed by atoms with E-state index < -0.39 is 0 Å². The Morgan fingerprint density at radius 1 is 0.667 bits per heavy atom. The van der Waals surface area contributed by atoms with E-state index in [1.54, 1.807) is 0 Å². The molecule has 0 spiro atoms. The lowest BCUT2D eigenvalue weighted by Gasteiger charge is -2.27. The highest BCUT2D eigenvalue weighted by Gasteiger charge is 2.21. The molecule has 0 aliphatic carbocycles. The Labute approximate surface area is 147 Å². The second-order valence-corrected chi connectivity index (χ2v) is 5.97. The summed E-state index contributed by atoms with van der Waals surface area (Å²) in [7, 11) is 0. The average Bonchev–Trinajstić information content (AvgIpc) is 2.79. The summed E-state index contributed by atoms with van der Waals surface area (Å²) in [5.74, 6) is 0. The normalized spacial score (nSPS) is 12.1. The Hall–Kier alpha value is -2.91. The van der Waals surface area contributed by atoms with E-state index in [9.17, 15) is 0 Å². The van der Waals surface area contributed by atoms with Gasteiger partial charge in [-0.2, -0.15) is 0 Å². The third kappa shape index (κ3) is 2.70. The summed E-state index contributed by atoms with van der Waals surface area (Å²) in [4.78, 5) is 2.10. The molecule has 0 aromatic heterocycles. The molecule has 1 N–H and O–H groups in total. The average molecular weight is 328 g/mol. The molecular formula is C21H16N2S. The van der Waals surface area contributed by atoms with Gasteiger partial charge in [-0.25, -0.2) is 0 Å². The SMILES string of the molecule is S=C(Nc1ccccc1)N1c2ccccc2C=Cc2ccccc21. The number of anilines is 3. The molecule has 0 amide bonds. The zero-order chi connectivity index (χ0) is 16.4. The van der Waals surface area contributed by atoms with Gasteiger partial charge in [0.25, 0.3) is 0 Å². The third-order valence-corrected chi connectivity index (χ3v) is 4.31. The van der Waals surface area contributed by atoms with Crippen molar-refractivity contribution in [1.29, 1.82) is 0 Å². The summed E-state index contributed by atoms with van der Waals surface area (Å²) < 4.78 is 0. The topological polar surface area (TPSA) is 15.3 Å². The smallest absolute Gasteiger partial charge is 0.182 e. The minimum absolute atomic E-state index is 0.657. The molecule has 24 heavy (non-hydrogen) atoms. The largest absolute Gasteiger partial charge is 0.332 e. The molecule has 0 bridgehead atoms. The lowest BCUT2D eigenvalue weighted by atomic mass is 10.1. The number of benzene rings is 3. The molecule has 1 heterocycles. The molecule has 1 aliphatic heterocycles. The highest BCUT2D eigenvalue weighted by molar-refractivity contribution is 7.80. The van der Waals surface area contributed by atoms with Crippen molar-refractivity contribution >= 4 is 46.5 Å². The van der Waals surface area contributed by atoms with Gasteiger partial charge in [-0.3, -0.25) is 4.90 Å². The van der Waals surface area contributed by atoms with E-state index in [1.165, 1.54) is 0 Å². The Morgan fingerprint density at radius 2 is 1.17 bits per heavy atom. The van der Waals surface area contributed by atoms with Crippen molar-refractivity contribution < 1.29 is 0 Å². The number of nitrogens with zero attached hydrogens (tertiary/aromatic N) is 1. The zero-order valence-electron chi connectivity index (χ0n) is 13.0. The first-order chi connectivity index (χ1) is 11.8. The van der Waals surface area contributed by atoms with Crippen molar-refractivity contribution in [3.63, 3.8) is 0 Å². The van der Waals surface area contributed by atoms with Crippen LogP contribution in [0.3, 0.4) is 0 Å². The van der Waals surface area contributed by atoms with Crippen LogP contribution in [0.25, 0.3) is 12.2 Å². The molecule has 3 aromatic carbocycles. The number of rotatable bonds is 1. The maximum absolute atomic E-state index is 5.76. The predicted octanol–water partition coefficient (Wildman–Crippen LogP) is 5.71. The van der Waals surface area contributed by atoms with Crippen molar-refractivity contribution in [3.05, 3.63) is 90.0 Å². The van der Waals surface area contributed by atoms with Crippen LogP contribution in [0, 0.1) is 0 Å². The first-order valence-electron chi connectivity index (χ1n) is 7.85. The second kappa shape index (κ2) is 6.30. The van der Waals surface area contributed by atoms with E-state index in [0.29, 0.717) is 5.11 Å². The molecule has 0 saturated carbocycles. The minimum Gasteiger partial charge on any atom is -0.332 e. The van der Waals surface area contributed by atoms with E-state index in [-0.39, 0.29) is 0 Å². The van der Waals surface area contributed by atoms with Gasteiger partial charge in [-0.1, -0.05) is 66.7 Å². The molecule has 0 radical (unpaired) electrons. The van der Waals surface area contributed by atoms with Crippen molar-refractivity contribution in [2.75, 3.05) is 10.2 Å². The van der Waals surface area contributed by atoms with E-state index in [4.69, 9.17) is 12.2 Å². The highest BCUT2D eigenvalue weighted by Crippen LogP contribution is 2.36. The van der Waals surface area contributed by atoms with Crippen LogP contribution in [-0.2, 0) is 0 Å². The lowest BCUT2D eigenvalue weighted by Crippen LogP contribution is -2.31. The van der Waals surface area contributed by atoms with E-state index >= 15 is 0 Å². The number of hydrogen-bond acceptors (Lipinski definition) is 1. The minimum atomic E-state index is 0.657. The molecule has 0 fully saturated rings. The van der Waals surface area contributed by atoms with Crippen molar-refractivity contribution in [1.82, 2.24) is 0 Å². The molecule has 0 atom stereocenters. The molecular weight excluding hydrogens is 312 g/mol. The molecule has 4 rings (SSSR count). The number of thiocarbonyl (C=S) groups is 1. The summed E-state index contributed by atoms with van der Waals surface area (Å²) in [5.41, 5.74) is 5.42. The van der Waals surface area contributed by atoms with Gasteiger partial charge >= 0.3 is 0 Å². The second-order valence-electron chi connectivity index (χ2n) is 5.58. The maximum Gasteiger partial charge on any atom is 0.182 e.